The van der Waals surface area contributed by atoms with Crippen LogP contribution >= 0.6 is 0 Å². The Balaban J connectivity index is 1.86. The summed E-state index contributed by atoms with van der Waals surface area (Å²) < 4.78 is 23.8. The maximum absolute atomic E-state index is 12.3. The molecule has 0 unspecified atom stereocenters. The minimum absolute atomic E-state index is 0.125. The topological polar surface area (TPSA) is 99.9 Å². The zero-order valence-electron chi connectivity index (χ0n) is 13.2. The number of nitrogens with zero attached hydrogens (tertiary/aromatic N) is 2. The second kappa shape index (κ2) is 6.34. The number of carbonyl (C=O) groups excluding carboxylic acids is 1. The molecule has 25 heavy (non-hydrogen) atoms. The van der Waals surface area contributed by atoms with Crippen LogP contribution in [0.2, 0.25) is 0 Å². The first-order chi connectivity index (χ1) is 11.9. The molecule has 1 aromatic carbocycles. The average Bonchev–Trinajstić information content (AvgIpc) is 2.87. The normalized spacial score (nSPS) is 14.6. The van der Waals surface area contributed by atoms with Gasteiger partial charge in [0.2, 0.25) is 9.84 Å². The lowest BCUT2D eigenvalue weighted by atomic mass is 10.1. The highest BCUT2D eigenvalue weighted by Gasteiger charge is 2.21. The Morgan fingerprint density at radius 1 is 1.28 bits per heavy atom. The lowest BCUT2D eigenvalue weighted by molar-refractivity contribution is -0.112. The number of nitrogens with one attached hydrogen (secondary N) is 1. The van der Waals surface area contributed by atoms with Gasteiger partial charge in [-0.1, -0.05) is 12.1 Å². The molecule has 3 rings (SSSR count). The molecule has 6 nitrogen and oxygen atoms in total. The van der Waals surface area contributed by atoms with Gasteiger partial charge in [-0.05, 0) is 48.9 Å². The molecule has 0 atom stereocenters. The minimum Gasteiger partial charge on any atom is -0.321 e. The van der Waals surface area contributed by atoms with E-state index in [0.717, 1.165) is 11.1 Å². The highest BCUT2D eigenvalue weighted by Crippen LogP contribution is 2.29. The van der Waals surface area contributed by atoms with E-state index < -0.39 is 15.7 Å². The molecule has 0 saturated heterocycles. The summed E-state index contributed by atoms with van der Waals surface area (Å²) in [4.78, 5) is 16.7. The van der Waals surface area contributed by atoms with E-state index in [9.17, 15) is 18.5 Å². The fourth-order valence-corrected chi connectivity index (χ4v) is 3.60. The number of anilines is 1. The molecule has 1 aliphatic rings. The summed E-state index contributed by atoms with van der Waals surface area (Å²) in [5.74, 6) is -0.630. The van der Waals surface area contributed by atoms with Crippen molar-refractivity contribution in [2.75, 3.05) is 5.32 Å². The Morgan fingerprint density at radius 3 is 2.80 bits per heavy atom. The summed E-state index contributed by atoms with van der Waals surface area (Å²) in [5.41, 5.74) is 2.00. The van der Waals surface area contributed by atoms with Crippen LogP contribution in [0.3, 0.4) is 0 Å². The second-order valence-corrected chi connectivity index (χ2v) is 7.23. The van der Waals surface area contributed by atoms with Gasteiger partial charge in [0, 0.05) is 16.8 Å². The number of hydrogen-bond acceptors (Lipinski definition) is 5. The fourth-order valence-electron chi connectivity index (χ4n) is 2.37. The number of aryl methyl sites for hydroxylation is 1. The number of carbonyl (C=O) groups is 1. The zero-order chi connectivity index (χ0) is 18.0. The van der Waals surface area contributed by atoms with Crippen molar-refractivity contribution >= 4 is 33.6 Å². The number of hydrogen-bond donors (Lipinski definition) is 1. The first kappa shape index (κ1) is 16.6. The van der Waals surface area contributed by atoms with Crippen molar-refractivity contribution in [1.29, 1.82) is 5.26 Å². The van der Waals surface area contributed by atoms with Gasteiger partial charge >= 0.3 is 0 Å². The smallest absolute Gasteiger partial charge is 0.266 e. The van der Waals surface area contributed by atoms with Crippen LogP contribution in [0.25, 0.3) is 12.2 Å². The molecular weight excluding hydrogens is 338 g/mol. The molecule has 7 heteroatoms. The Hall–Kier alpha value is -3.24. The van der Waals surface area contributed by atoms with E-state index in [1.165, 1.54) is 18.2 Å². The molecule has 2 aromatic rings. The molecule has 1 N–H and O–H groups in total. The number of benzene rings is 1. The van der Waals surface area contributed by atoms with Crippen molar-refractivity contribution < 1.29 is 13.2 Å². The first-order valence-corrected chi connectivity index (χ1v) is 8.88. The predicted molar refractivity (Wildman–Crippen MR) is 93.9 cm³/mol. The van der Waals surface area contributed by atoms with Gasteiger partial charge in [-0.25, -0.2) is 8.42 Å². The highest BCUT2D eigenvalue weighted by molar-refractivity contribution is 7.94. The second-order valence-electron chi connectivity index (χ2n) is 5.43. The number of nitriles is 1. The maximum Gasteiger partial charge on any atom is 0.266 e. The van der Waals surface area contributed by atoms with Crippen LogP contribution in [-0.4, -0.2) is 19.3 Å². The molecule has 0 saturated carbocycles. The lowest BCUT2D eigenvalue weighted by Crippen LogP contribution is -2.14. The van der Waals surface area contributed by atoms with E-state index in [-0.39, 0.29) is 10.5 Å². The summed E-state index contributed by atoms with van der Waals surface area (Å²) in [5, 5.41) is 12.9. The Kier molecular flexibility index (Phi) is 4.21. The van der Waals surface area contributed by atoms with Gasteiger partial charge in [0.05, 0.1) is 10.6 Å². The number of rotatable bonds is 3. The molecule has 1 aliphatic heterocycles. The van der Waals surface area contributed by atoms with Crippen molar-refractivity contribution in [1.82, 2.24) is 4.98 Å². The molecule has 124 valence electrons. The molecule has 0 fully saturated rings. The Bertz CT molecular complexity index is 1080. The molecule has 0 bridgehead atoms. The van der Waals surface area contributed by atoms with Crippen LogP contribution in [-0.2, 0) is 14.6 Å². The van der Waals surface area contributed by atoms with Gasteiger partial charge in [-0.2, -0.15) is 5.26 Å². The van der Waals surface area contributed by atoms with E-state index in [1.807, 2.05) is 19.1 Å². The monoisotopic (exact) mass is 351 g/mol. The van der Waals surface area contributed by atoms with E-state index in [1.54, 1.807) is 24.3 Å². The first-order valence-electron chi connectivity index (χ1n) is 7.33. The number of fused-ring (bicyclic) bond motifs is 1. The standard InChI is InChI=1S/C18H13N3O3S/c1-12-3-2-4-15(20-12)9-14(11-19)18(22)21-16-6-5-13-7-8-25(23,24)17(13)10-16/h2-10H,1H3,(H,21,22). The number of amides is 1. The van der Waals surface area contributed by atoms with Gasteiger partial charge < -0.3 is 5.32 Å². The van der Waals surface area contributed by atoms with Crippen LogP contribution < -0.4 is 5.32 Å². The predicted octanol–water partition coefficient (Wildman–Crippen LogP) is 2.69. The van der Waals surface area contributed by atoms with E-state index in [0.29, 0.717) is 16.9 Å². The van der Waals surface area contributed by atoms with Gasteiger partial charge in [0.25, 0.3) is 5.91 Å². The minimum atomic E-state index is -3.46. The van der Waals surface area contributed by atoms with Crippen LogP contribution in [0.4, 0.5) is 5.69 Å². The molecule has 1 aromatic heterocycles. The largest absolute Gasteiger partial charge is 0.321 e. The van der Waals surface area contributed by atoms with E-state index >= 15 is 0 Å². The number of pyridine rings is 1. The molecule has 1 amide bonds. The SMILES string of the molecule is Cc1cccc(C=C(C#N)C(=O)Nc2ccc3c(c2)S(=O)(=O)C=C3)n1. The van der Waals surface area contributed by atoms with Gasteiger partial charge in [0.1, 0.15) is 11.6 Å². The van der Waals surface area contributed by atoms with Crippen molar-refractivity contribution in [3.8, 4) is 6.07 Å². The molecule has 2 heterocycles. The molecule has 0 spiro atoms. The van der Waals surface area contributed by atoms with Crippen LogP contribution in [0, 0.1) is 18.3 Å². The summed E-state index contributed by atoms with van der Waals surface area (Å²) in [6, 6.07) is 11.7. The summed E-state index contributed by atoms with van der Waals surface area (Å²) in [7, 11) is -3.46. The maximum atomic E-state index is 12.3. The summed E-state index contributed by atoms with van der Waals surface area (Å²) >= 11 is 0. The van der Waals surface area contributed by atoms with Gasteiger partial charge in [-0.15, -0.1) is 0 Å². The third kappa shape index (κ3) is 3.49. The fraction of sp³-hybridized carbons (Fsp3) is 0.0556. The van der Waals surface area contributed by atoms with Crippen LogP contribution in [0.1, 0.15) is 17.0 Å². The summed E-state index contributed by atoms with van der Waals surface area (Å²) in [6.45, 7) is 1.81. The quantitative estimate of drug-likeness (QED) is 0.677. The van der Waals surface area contributed by atoms with Crippen molar-refractivity contribution in [3.05, 3.63) is 64.3 Å². The van der Waals surface area contributed by atoms with Crippen LogP contribution in [0.5, 0.6) is 0 Å². The van der Waals surface area contributed by atoms with Crippen molar-refractivity contribution in [3.63, 3.8) is 0 Å². The molecule has 0 radical (unpaired) electrons. The Morgan fingerprint density at radius 2 is 2.08 bits per heavy atom. The molecule has 0 aliphatic carbocycles. The third-order valence-corrected chi connectivity index (χ3v) is 5.03. The Labute approximate surface area is 145 Å². The van der Waals surface area contributed by atoms with Crippen molar-refractivity contribution in [2.24, 2.45) is 0 Å². The highest BCUT2D eigenvalue weighted by atomic mass is 32.2. The lowest BCUT2D eigenvalue weighted by Gasteiger charge is -2.06. The van der Waals surface area contributed by atoms with E-state index in [2.05, 4.69) is 10.3 Å². The number of aromatic nitrogens is 1. The zero-order valence-corrected chi connectivity index (χ0v) is 14.0. The van der Waals surface area contributed by atoms with Gasteiger partial charge in [0.15, 0.2) is 0 Å². The van der Waals surface area contributed by atoms with Crippen molar-refractivity contribution in [2.45, 2.75) is 11.8 Å². The van der Waals surface area contributed by atoms with Gasteiger partial charge in [-0.3, -0.25) is 9.78 Å². The number of sulfone groups is 1. The van der Waals surface area contributed by atoms with E-state index in [4.69, 9.17) is 0 Å². The van der Waals surface area contributed by atoms with Crippen LogP contribution in [0.15, 0.2) is 52.3 Å². The average molecular weight is 351 g/mol. The molecular formula is C18H13N3O3S. The summed E-state index contributed by atoms with van der Waals surface area (Å²) in [6.07, 6.45) is 2.88. The third-order valence-electron chi connectivity index (χ3n) is 3.57.